The van der Waals surface area contributed by atoms with E-state index in [1.54, 1.807) is 12.1 Å². The molecule has 0 atom stereocenters. The van der Waals surface area contributed by atoms with Gasteiger partial charge in [-0.3, -0.25) is 4.79 Å². The maximum Gasteiger partial charge on any atom is 0.258 e. The van der Waals surface area contributed by atoms with Crippen LogP contribution in [0.15, 0.2) is 30.3 Å². The number of hydrogen-bond acceptors (Lipinski definition) is 4. The second kappa shape index (κ2) is 8.10. The summed E-state index contributed by atoms with van der Waals surface area (Å²) in [6, 6.07) is 9.60. The van der Waals surface area contributed by atoms with Crippen LogP contribution in [0, 0.1) is 12.8 Å². The van der Waals surface area contributed by atoms with Crippen LogP contribution in [0.5, 0.6) is 0 Å². The molecule has 0 spiro atoms. The minimum Gasteiger partial charge on any atom is -0.382 e. The monoisotopic (exact) mass is 398 g/mol. The van der Waals surface area contributed by atoms with Gasteiger partial charge in [0.2, 0.25) is 0 Å². The van der Waals surface area contributed by atoms with Crippen molar-refractivity contribution in [1.82, 2.24) is 4.98 Å². The molecule has 4 N–H and O–H groups in total. The van der Waals surface area contributed by atoms with Crippen LogP contribution in [0.25, 0.3) is 0 Å². The van der Waals surface area contributed by atoms with E-state index in [4.69, 9.17) is 17.3 Å². The first-order chi connectivity index (χ1) is 13.5. The predicted octanol–water partition coefficient (Wildman–Crippen LogP) is 4.71. The van der Waals surface area contributed by atoms with Gasteiger partial charge >= 0.3 is 0 Å². The Bertz CT molecular complexity index is 875. The summed E-state index contributed by atoms with van der Waals surface area (Å²) in [5.74, 6) is 1.65. The first-order valence-corrected chi connectivity index (χ1v) is 10.5. The topological polar surface area (TPSA) is 80.0 Å². The van der Waals surface area contributed by atoms with Gasteiger partial charge < -0.3 is 16.4 Å². The van der Waals surface area contributed by atoms with Gasteiger partial charge in [0.05, 0.1) is 5.56 Å². The van der Waals surface area contributed by atoms with Crippen molar-refractivity contribution in [2.45, 2.75) is 51.0 Å². The molecule has 148 valence electrons. The smallest absolute Gasteiger partial charge is 0.258 e. The first kappa shape index (κ1) is 19.2. The second-order valence-electron chi connectivity index (χ2n) is 8.07. The van der Waals surface area contributed by atoms with E-state index >= 15 is 0 Å². The van der Waals surface area contributed by atoms with E-state index in [0.29, 0.717) is 34.3 Å². The lowest BCUT2D eigenvalue weighted by atomic mass is 9.78. The van der Waals surface area contributed by atoms with Crippen LogP contribution < -0.4 is 16.4 Å². The van der Waals surface area contributed by atoms with Gasteiger partial charge in [0.1, 0.15) is 5.82 Å². The fourth-order valence-corrected chi connectivity index (χ4v) is 4.12. The van der Waals surface area contributed by atoms with E-state index in [9.17, 15) is 4.79 Å². The molecule has 2 saturated carbocycles. The molecular formula is C22H27ClN4O. The standard InChI is InChI=1S/C22H27ClN4O/c1-13-2-7-20(26-21(13)15-3-4-15)27-22(28)18-6-5-16(23)12-19(18)25-17-10-14(11-17)8-9-24/h2,5-7,12,14-15,17,25H,3-4,8-11,24H2,1H3,(H,26,27,28). The number of benzene rings is 1. The van der Waals surface area contributed by atoms with Crippen molar-refractivity contribution >= 4 is 29.0 Å². The second-order valence-corrected chi connectivity index (χ2v) is 8.51. The van der Waals surface area contributed by atoms with Gasteiger partial charge in [0.15, 0.2) is 0 Å². The highest BCUT2D eigenvalue weighted by Crippen LogP contribution is 2.41. The molecule has 5 nitrogen and oxygen atoms in total. The van der Waals surface area contributed by atoms with E-state index in [1.807, 2.05) is 18.2 Å². The Labute approximate surface area is 171 Å². The fraction of sp³-hybridized carbons (Fsp3) is 0.455. The number of rotatable bonds is 7. The Hall–Kier alpha value is -2.11. The third kappa shape index (κ3) is 4.31. The largest absolute Gasteiger partial charge is 0.382 e. The van der Waals surface area contributed by atoms with E-state index in [1.165, 1.54) is 18.4 Å². The van der Waals surface area contributed by atoms with Crippen molar-refractivity contribution in [2.75, 3.05) is 17.2 Å². The predicted molar refractivity (Wildman–Crippen MR) is 114 cm³/mol. The van der Waals surface area contributed by atoms with Crippen LogP contribution in [0.2, 0.25) is 5.02 Å². The molecule has 6 heteroatoms. The zero-order valence-electron chi connectivity index (χ0n) is 16.2. The van der Waals surface area contributed by atoms with Crippen molar-refractivity contribution in [3.63, 3.8) is 0 Å². The molecule has 2 aliphatic carbocycles. The SMILES string of the molecule is Cc1ccc(NC(=O)c2ccc(Cl)cc2NC2CC(CCN)C2)nc1C1CC1. The number of amides is 1. The van der Waals surface area contributed by atoms with Crippen LogP contribution in [0.1, 0.15) is 59.6 Å². The van der Waals surface area contributed by atoms with Crippen molar-refractivity contribution in [3.05, 3.63) is 52.2 Å². The summed E-state index contributed by atoms with van der Waals surface area (Å²) in [5.41, 5.74) is 9.29. The lowest BCUT2D eigenvalue weighted by Crippen LogP contribution is -2.37. The molecule has 0 bridgehead atoms. The molecule has 0 radical (unpaired) electrons. The van der Waals surface area contributed by atoms with Gasteiger partial charge in [-0.25, -0.2) is 4.98 Å². The average molecular weight is 399 g/mol. The number of pyridine rings is 1. The Balaban J connectivity index is 1.47. The van der Waals surface area contributed by atoms with E-state index in [2.05, 4.69) is 22.5 Å². The number of carbonyl (C=O) groups is 1. The quantitative estimate of drug-likeness (QED) is 0.630. The van der Waals surface area contributed by atoms with Crippen LogP contribution in [-0.4, -0.2) is 23.5 Å². The van der Waals surface area contributed by atoms with E-state index < -0.39 is 0 Å². The number of nitrogens with zero attached hydrogens (tertiary/aromatic N) is 1. The van der Waals surface area contributed by atoms with Crippen LogP contribution in [-0.2, 0) is 0 Å². The average Bonchev–Trinajstić information content (AvgIpc) is 3.46. The Morgan fingerprint density at radius 2 is 2.04 bits per heavy atom. The molecule has 0 aliphatic heterocycles. The summed E-state index contributed by atoms with van der Waals surface area (Å²) in [6.45, 7) is 2.80. The molecule has 2 aliphatic rings. The Kier molecular flexibility index (Phi) is 5.56. The maximum atomic E-state index is 12.9. The number of carbonyl (C=O) groups excluding carboxylic acids is 1. The third-order valence-electron chi connectivity index (χ3n) is 5.74. The van der Waals surface area contributed by atoms with Crippen LogP contribution in [0.3, 0.4) is 0 Å². The fourth-order valence-electron chi connectivity index (χ4n) is 3.95. The number of nitrogens with two attached hydrogens (primary N) is 1. The minimum atomic E-state index is -0.171. The van der Waals surface area contributed by atoms with E-state index in [-0.39, 0.29) is 5.91 Å². The van der Waals surface area contributed by atoms with Crippen molar-refractivity contribution < 1.29 is 4.79 Å². The van der Waals surface area contributed by atoms with Gasteiger partial charge in [0, 0.05) is 28.4 Å². The maximum absolute atomic E-state index is 12.9. The number of hydrogen-bond donors (Lipinski definition) is 3. The number of anilines is 2. The number of aromatic nitrogens is 1. The van der Waals surface area contributed by atoms with Gasteiger partial charge in [-0.15, -0.1) is 0 Å². The van der Waals surface area contributed by atoms with Crippen molar-refractivity contribution in [1.29, 1.82) is 0 Å². The zero-order valence-corrected chi connectivity index (χ0v) is 16.9. The molecular weight excluding hydrogens is 372 g/mol. The Morgan fingerprint density at radius 1 is 1.25 bits per heavy atom. The first-order valence-electron chi connectivity index (χ1n) is 10.1. The third-order valence-corrected chi connectivity index (χ3v) is 5.97. The summed E-state index contributed by atoms with van der Waals surface area (Å²) in [5, 5.41) is 7.05. The Morgan fingerprint density at radius 3 is 2.75 bits per heavy atom. The molecule has 0 saturated heterocycles. The van der Waals surface area contributed by atoms with E-state index in [0.717, 1.165) is 37.2 Å². The highest BCUT2D eigenvalue weighted by atomic mass is 35.5. The van der Waals surface area contributed by atoms with Crippen LogP contribution in [0.4, 0.5) is 11.5 Å². The molecule has 1 aromatic carbocycles. The molecule has 2 fully saturated rings. The molecule has 1 heterocycles. The summed E-state index contributed by atoms with van der Waals surface area (Å²) in [4.78, 5) is 17.6. The highest BCUT2D eigenvalue weighted by Gasteiger charge is 2.29. The summed E-state index contributed by atoms with van der Waals surface area (Å²) < 4.78 is 0. The van der Waals surface area contributed by atoms with Crippen LogP contribution >= 0.6 is 11.6 Å². The molecule has 28 heavy (non-hydrogen) atoms. The highest BCUT2D eigenvalue weighted by molar-refractivity contribution is 6.31. The van der Waals surface area contributed by atoms with Gasteiger partial charge in [0.25, 0.3) is 5.91 Å². The normalized spacial score (nSPS) is 21.1. The number of halogens is 1. The molecule has 0 unspecified atom stereocenters. The van der Waals surface area contributed by atoms with Crippen molar-refractivity contribution in [3.8, 4) is 0 Å². The van der Waals surface area contributed by atoms with Gasteiger partial charge in [-0.05, 0) is 81.3 Å². The molecule has 1 amide bonds. The summed E-state index contributed by atoms with van der Waals surface area (Å²) in [6.07, 6.45) is 5.58. The van der Waals surface area contributed by atoms with Gasteiger partial charge in [-0.1, -0.05) is 17.7 Å². The summed E-state index contributed by atoms with van der Waals surface area (Å²) >= 11 is 6.18. The minimum absolute atomic E-state index is 0.171. The molecule has 2 aromatic rings. The summed E-state index contributed by atoms with van der Waals surface area (Å²) in [7, 11) is 0. The zero-order chi connectivity index (χ0) is 19.7. The number of nitrogens with one attached hydrogen (secondary N) is 2. The van der Waals surface area contributed by atoms with Gasteiger partial charge in [-0.2, -0.15) is 0 Å². The number of aryl methyl sites for hydroxylation is 1. The van der Waals surface area contributed by atoms with Crippen molar-refractivity contribution in [2.24, 2.45) is 11.7 Å². The lowest BCUT2D eigenvalue weighted by Gasteiger charge is -2.36. The molecule has 1 aromatic heterocycles. The molecule has 4 rings (SSSR count). The lowest BCUT2D eigenvalue weighted by molar-refractivity contribution is 0.102.